The fourth-order valence-corrected chi connectivity index (χ4v) is 3.88. The molecule has 1 saturated heterocycles. The van der Waals surface area contributed by atoms with E-state index in [4.69, 9.17) is 15.9 Å². The molecule has 0 spiro atoms. The topological polar surface area (TPSA) is 134 Å². The Bertz CT molecular complexity index is 825. The molecule has 0 aliphatic carbocycles. The maximum Gasteiger partial charge on any atom is 0.327 e. The van der Waals surface area contributed by atoms with Crippen LogP contribution in [0.2, 0.25) is 0 Å². The summed E-state index contributed by atoms with van der Waals surface area (Å²) in [5, 5.41) is 17.4. The van der Waals surface area contributed by atoms with E-state index in [9.17, 15) is 14.4 Å². The summed E-state index contributed by atoms with van der Waals surface area (Å²) < 4.78 is 0. The van der Waals surface area contributed by atoms with E-state index in [0.29, 0.717) is 18.1 Å². The summed E-state index contributed by atoms with van der Waals surface area (Å²) in [5.74, 6) is -1.04. The lowest BCUT2D eigenvalue weighted by molar-refractivity contribution is -0.147. The molecule has 1 fully saturated rings. The lowest BCUT2D eigenvalue weighted by Crippen LogP contribution is -2.40. The molecular weight excluding hydrogens is 394 g/mol. The number of carbonyl (C=O) groups excluding carboxylic acids is 1. The number of carbonyl (C=O) groups is 3. The highest BCUT2D eigenvalue weighted by Crippen LogP contribution is 2.20. The van der Waals surface area contributed by atoms with E-state index < -0.39 is 24.0 Å². The molecule has 0 radical (unpaired) electrons. The van der Waals surface area contributed by atoms with Crippen molar-refractivity contribution in [3.05, 3.63) is 54.4 Å². The number of amides is 1. The van der Waals surface area contributed by atoms with Crippen LogP contribution in [0, 0.1) is 0 Å². The number of carboxylic acid groups (broad SMARTS) is 2. The van der Waals surface area contributed by atoms with E-state index in [1.54, 1.807) is 12.4 Å². The molecule has 1 aromatic heterocycles. The number of benzene rings is 1. The summed E-state index contributed by atoms with van der Waals surface area (Å²) in [4.78, 5) is 37.4. The van der Waals surface area contributed by atoms with Crippen molar-refractivity contribution in [2.45, 2.75) is 25.4 Å². The summed E-state index contributed by atoms with van der Waals surface area (Å²) in [6.07, 6.45) is 3.85. The first kappa shape index (κ1) is 22.4. The predicted octanol–water partition coefficient (Wildman–Crippen LogP) is 1.70. The van der Waals surface area contributed by atoms with Gasteiger partial charge in [-0.15, -0.1) is 11.8 Å². The van der Waals surface area contributed by atoms with Gasteiger partial charge < -0.3 is 20.8 Å². The Hall–Kier alpha value is -2.91. The molecule has 2 atom stereocenters. The maximum atomic E-state index is 10.8. The van der Waals surface area contributed by atoms with Crippen LogP contribution in [0.25, 0.3) is 11.1 Å². The Morgan fingerprint density at radius 3 is 2.38 bits per heavy atom. The van der Waals surface area contributed by atoms with E-state index in [1.165, 1.54) is 23.6 Å². The Morgan fingerprint density at radius 1 is 1.21 bits per heavy atom. The second-order valence-corrected chi connectivity index (χ2v) is 7.43. The van der Waals surface area contributed by atoms with Crippen LogP contribution in [0.1, 0.15) is 12.5 Å². The molecule has 3 rings (SSSR count). The summed E-state index contributed by atoms with van der Waals surface area (Å²) in [6, 6.07) is 10.1. The molecule has 1 aliphatic heterocycles. The largest absolute Gasteiger partial charge is 0.480 e. The molecule has 4 N–H and O–H groups in total. The predicted molar refractivity (Wildman–Crippen MR) is 110 cm³/mol. The van der Waals surface area contributed by atoms with Gasteiger partial charge in [0.05, 0.1) is 5.88 Å². The average Bonchev–Trinajstić information content (AvgIpc) is 3.20. The Labute approximate surface area is 172 Å². The van der Waals surface area contributed by atoms with Crippen LogP contribution in [0.4, 0.5) is 0 Å². The average molecular weight is 417 g/mol. The number of pyridine rings is 1. The quantitative estimate of drug-likeness (QED) is 0.669. The van der Waals surface area contributed by atoms with Crippen molar-refractivity contribution in [2.75, 3.05) is 11.6 Å². The third kappa shape index (κ3) is 6.58. The number of aromatic nitrogens is 1. The number of hydrogen-bond donors (Lipinski definition) is 3. The zero-order valence-electron chi connectivity index (χ0n) is 15.9. The molecule has 29 heavy (non-hydrogen) atoms. The lowest BCUT2D eigenvalue weighted by atomic mass is 10.0. The maximum absolute atomic E-state index is 10.8. The standard InChI is InChI=1S/C14H14N2O2.C6H9NO3S/c15-13(14(17)18)8-10-3-5-11(6-4-10)12-2-1-7-16-9-12;1-4(8)7-3-11-2-5(7)6(9)10/h1-7,9,13H,8,15H2,(H,17,18);5H,2-3H2,1H3,(H,9,10)/t13-;5-/m01/s1. The van der Waals surface area contributed by atoms with Gasteiger partial charge in [0.15, 0.2) is 0 Å². The van der Waals surface area contributed by atoms with Crippen molar-refractivity contribution in [3.63, 3.8) is 0 Å². The van der Waals surface area contributed by atoms with Crippen molar-refractivity contribution in [1.29, 1.82) is 0 Å². The fraction of sp³-hybridized carbons (Fsp3) is 0.300. The minimum Gasteiger partial charge on any atom is -0.480 e. The molecular formula is C20H23N3O5S. The molecule has 2 heterocycles. The van der Waals surface area contributed by atoms with Gasteiger partial charge >= 0.3 is 11.9 Å². The van der Waals surface area contributed by atoms with Crippen molar-refractivity contribution < 1.29 is 24.6 Å². The zero-order chi connectivity index (χ0) is 21.4. The number of thioether (sulfide) groups is 1. The smallest absolute Gasteiger partial charge is 0.327 e. The highest BCUT2D eigenvalue weighted by Gasteiger charge is 2.32. The van der Waals surface area contributed by atoms with Crippen LogP contribution >= 0.6 is 11.8 Å². The third-order valence-corrected chi connectivity index (χ3v) is 5.31. The van der Waals surface area contributed by atoms with Crippen LogP contribution in [0.3, 0.4) is 0 Å². The second kappa shape index (κ2) is 10.6. The Balaban J connectivity index is 0.000000234. The first-order chi connectivity index (χ1) is 13.8. The number of nitrogens with two attached hydrogens (primary N) is 1. The number of aliphatic carboxylic acids is 2. The van der Waals surface area contributed by atoms with Gasteiger partial charge in [-0.05, 0) is 29.2 Å². The SMILES string of the molecule is CC(=O)N1CSC[C@@H]1C(=O)O.N[C@@H](Cc1ccc(-c2cccnc2)cc1)C(=O)O. The van der Waals surface area contributed by atoms with E-state index in [0.717, 1.165) is 16.7 Å². The molecule has 0 unspecified atom stereocenters. The molecule has 0 saturated carbocycles. The Kier molecular flexibility index (Phi) is 8.17. The van der Waals surface area contributed by atoms with Gasteiger partial charge in [0.2, 0.25) is 5.91 Å². The molecule has 2 aromatic rings. The lowest BCUT2D eigenvalue weighted by Gasteiger charge is -2.17. The third-order valence-electron chi connectivity index (χ3n) is 4.29. The zero-order valence-corrected chi connectivity index (χ0v) is 16.7. The van der Waals surface area contributed by atoms with Gasteiger partial charge in [0.25, 0.3) is 0 Å². The van der Waals surface area contributed by atoms with Crippen molar-refractivity contribution in [3.8, 4) is 11.1 Å². The summed E-state index contributed by atoms with van der Waals surface area (Å²) in [7, 11) is 0. The van der Waals surface area contributed by atoms with Crippen LogP contribution in [0.5, 0.6) is 0 Å². The molecule has 1 aliphatic rings. The molecule has 0 bridgehead atoms. The molecule has 1 amide bonds. The highest BCUT2D eigenvalue weighted by molar-refractivity contribution is 7.99. The second-order valence-electron chi connectivity index (χ2n) is 6.43. The Morgan fingerprint density at radius 2 is 1.90 bits per heavy atom. The van der Waals surface area contributed by atoms with Crippen LogP contribution in [-0.4, -0.2) is 61.7 Å². The van der Waals surface area contributed by atoms with Crippen molar-refractivity contribution in [2.24, 2.45) is 5.73 Å². The minimum atomic E-state index is -0.980. The molecule has 8 nitrogen and oxygen atoms in total. The van der Waals surface area contributed by atoms with Gasteiger partial charge in [-0.25, -0.2) is 4.79 Å². The van der Waals surface area contributed by atoms with Gasteiger partial charge in [-0.3, -0.25) is 14.6 Å². The van der Waals surface area contributed by atoms with Crippen LogP contribution in [0.15, 0.2) is 48.8 Å². The molecule has 9 heteroatoms. The van der Waals surface area contributed by atoms with E-state index >= 15 is 0 Å². The van der Waals surface area contributed by atoms with Crippen molar-refractivity contribution >= 4 is 29.6 Å². The van der Waals surface area contributed by atoms with Gasteiger partial charge in [-0.1, -0.05) is 30.3 Å². The van der Waals surface area contributed by atoms with Gasteiger partial charge in [-0.2, -0.15) is 0 Å². The summed E-state index contributed by atoms with van der Waals surface area (Å²) >= 11 is 1.47. The monoisotopic (exact) mass is 417 g/mol. The van der Waals surface area contributed by atoms with Crippen molar-refractivity contribution in [1.82, 2.24) is 9.88 Å². The normalized spacial score (nSPS) is 16.5. The highest BCUT2D eigenvalue weighted by atomic mass is 32.2. The van der Waals surface area contributed by atoms with E-state index in [1.807, 2.05) is 36.4 Å². The first-order valence-corrected chi connectivity index (χ1v) is 10.0. The van der Waals surface area contributed by atoms with Gasteiger partial charge in [0.1, 0.15) is 12.1 Å². The molecule has 1 aromatic carbocycles. The number of carboxylic acids is 2. The van der Waals surface area contributed by atoms with E-state index in [-0.39, 0.29) is 5.91 Å². The fourth-order valence-electron chi connectivity index (χ4n) is 2.67. The van der Waals surface area contributed by atoms with E-state index in [2.05, 4.69) is 4.98 Å². The summed E-state index contributed by atoms with van der Waals surface area (Å²) in [6.45, 7) is 1.39. The molecule has 154 valence electrons. The van der Waals surface area contributed by atoms with Crippen LogP contribution in [-0.2, 0) is 20.8 Å². The number of hydrogen-bond acceptors (Lipinski definition) is 6. The van der Waals surface area contributed by atoms with Gasteiger partial charge in [0, 0.05) is 25.1 Å². The first-order valence-electron chi connectivity index (χ1n) is 8.85. The summed E-state index contributed by atoms with van der Waals surface area (Å²) in [5.41, 5.74) is 8.49. The number of rotatable bonds is 5. The number of nitrogens with zero attached hydrogens (tertiary/aromatic N) is 2. The van der Waals surface area contributed by atoms with Crippen LogP contribution < -0.4 is 5.73 Å². The minimum absolute atomic E-state index is 0.164.